The van der Waals surface area contributed by atoms with Gasteiger partial charge in [-0.2, -0.15) is 5.26 Å². The van der Waals surface area contributed by atoms with Crippen LogP contribution in [0.5, 0.6) is 5.75 Å². The number of para-hydroxylation sites is 1. The van der Waals surface area contributed by atoms with Gasteiger partial charge < -0.3 is 15.2 Å². The second kappa shape index (κ2) is 8.90. The zero-order valence-electron chi connectivity index (χ0n) is 13.2. The van der Waals surface area contributed by atoms with Gasteiger partial charge in [-0.25, -0.2) is 4.79 Å². The Morgan fingerprint density at radius 3 is 2.54 bits per heavy atom. The fourth-order valence-electron chi connectivity index (χ4n) is 1.93. The standard InChI is InChI=1S/C18H12Cl2N2O4/c19-13-3-1-2-4-15(13)22-18(25)12(9-21)7-11-5-6-16(14(20)8-11)26-10-17(23)24/h1-8H,10H2,(H,22,25)(H,23,24)/b12-7+. The van der Waals surface area contributed by atoms with Crippen LogP contribution in [0.15, 0.2) is 48.0 Å². The lowest BCUT2D eigenvalue weighted by atomic mass is 10.1. The van der Waals surface area contributed by atoms with Crippen molar-refractivity contribution in [1.82, 2.24) is 0 Å². The molecule has 0 atom stereocenters. The van der Waals surface area contributed by atoms with E-state index in [9.17, 15) is 14.9 Å². The van der Waals surface area contributed by atoms with Gasteiger partial charge in [-0.15, -0.1) is 0 Å². The van der Waals surface area contributed by atoms with Gasteiger partial charge in [-0.3, -0.25) is 4.79 Å². The molecule has 0 aliphatic carbocycles. The molecule has 0 saturated heterocycles. The van der Waals surface area contributed by atoms with Crippen LogP contribution < -0.4 is 10.1 Å². The van der Waals surface area contributed by atoms with E-state index >= 15 is 0 Å². The summed E-state index contributed by atoms with van der Waals surface area (Å²) in [6.45, 7) is -0.529. The molecule has 0 heterocycles. The second-order valence-electron chi connectivity index (χ2n) is 4.98. The van der Waals surface area contributed by atoms with Crippen LogP contribution >= 0.6 is 23.2 Å². The highest BCUT2D eigenvalue weighted by Crippen LogP contribution is 2.27. The number of nitriles is 1. The summed E-state index contributed by atoms with van der Waals surface area (Å²) in [7, 11) is 0. The normalized spacial score (nSPS) is 10.7. The van der Waals surface area contributed by atoms with E-state index in [1.165, 1.54) is 18.2 Å². The van der Waals surface area contributed by atoms with Crippen LogP contribution in [0.4, 0.5) is 5.69 Å². The zero-order chi connectivity index (χ0) is 19.1. The maximum absolute atomic E-state index is 12.2. The first-order valence-electron chi connectivity index (χ1n) is 7.22. The number of benzene rings is 2. The number of amides is 1. The summed E-state index contributed by atoms with van der Waals surface area (Å²) in [5, 5.41) is 20.9. The Hall–Kier alpha value is -3.01. The molecule has 0 aliphatic heterocycles. The predicted octanol–water partition coefficient (Wildman–Crippen LogP) is 4.00. The van der Waals surface area contributed by atoms with Crippen molar-refractivity contribution in [3.8, 4) is 11.8 Å². The molecular formula is C18H12Cl2N2O4. The van der Waals surface area contributed by atoms with Gasteiger partial charge in [-0.05, 0) is 35.9 Å². The lowest BCUT2D eigenvalue weighted by Gasteiger charge is -2.07. The van der Waals surface area contributed by atoms with Crippen molar-refractivity contribution in [2.45, 2.75) is 0 Å². The number of hydrogen-bond acceptors (Lipinski definition) is 4. The Morgan fingerprint density at radius 2 is 1.92 bits per heavy atom. The molecule has 8 heteroatoms. The maximum Gasteiger partial charge on any atom is 0.341 e. The van der Waals surface area contributed by atoms with Crippen molar-refractivity contribution < 1.29 is 19.4 Å². The summed E-state index contributed by atoms with van der Waals surface area (Å²) in [5.41, 5.74) is 0.708. The molecular weight excluding hydrogens is 379 g/mol. The van der Waals surface area contributed by atoms with Crippen molar-refractivity contribution in [2.75, 3.05) is 11.9 Å². The van der Waals surface area contributed by atoms with Gasteiger partial charge in [0.05, 0.1) is 15.7 Å². The molecule has 26 heavy (non-hydrogen) atoms. The quantitative estimate of drug-likeness (QED) is 0.573. The van der Waals surface area contributed by atoms with E-state index in [1.807, 2.05) is 6.07 Å². The van der Waals surface area contributed by atoms with Crippen LogP contribution in [0.1, 0.15) is 5.56 Å². The number of carboxylic acid groups (broad SMARTS) is 1. The molecule has 2 N–H and O–H groups in total. The number of nitrogens with one attached hydrogen (secondary N) is 1. The average molecular weight is 391 g/mol. The predicted molar refractivity (Wildman–Crippen MR) is 98.3 cm³/mol. The van der Waals surface area contributed by atoms with Gasteiger partial charge in [0.1, 0.15) is 17.4 Å². The number of nitrogens with zero attached hydrogens (tertiary/aromatic N) is 1. The Morgan fingerprint density at radius 1 is 1.19 bits per heavy atom. The first-order valence-corrected chi connectivity index (χ1v) is 7.98. The van der Waals surface area contributed by atoms with Gasteiger partial charge in [0.25, 0.3) is 5.91 Å². The van der Waals surface area contributed by atoms with Gasteiger partial charge >= 0.3 is 5.97 Å². The summed E-state index contributed by atoms with van der Waals surface area (Å²) in [6, 6.07) is 12.9. The Bertz CT molecular complexity index is 920. The first-order chi connectivity index (χ1) is 12.4. The third-order valence-electron chi connectivity index (χ3n) is 3.11. The first kappa shape index (κ1) is 19.3. The summed E-state index contributed by atoms with van der Waals surface area (Å²) in [4.78, 5) is 22.8. The van der Waals surface area contributed by atoms with Crippen LogP contribution in [-0.4, -0.2) is 23.6 Å². The Balaban J connectivity index is 2.19. The number of halogens is 2. The summed E-state index contributed by atoms with van der Waals surface area (Å²) < 4.78 is 5.01. The van der Waals surface area contributed by atoms with E-state index in [1.54, 1.807) is 30.3 Å². The van der Waals surface area contributed by atoms with Crippen molar-refractivity contribution in [3.05, 3.63) is 63.6 Å². The molecule has 6 nitrogen and oxygen atoms in total. The molecule has 0 fully saturated rings. The SMILES string of the molecule is N#C/C(=C\c1ccc(OCC(=O)O)c(Cl)c1)C(=O)Nc1ccccc1Cl. The Labute approximate surface area is 159 Å². The molecule has 0 unspecified atom stereocenters. The topological polar surface area (TPSA) is 99.4 Å². The molecule has 2 aromatic carbocycles. The number of hydrogen-bond donors (Lipinski definition) is 2. The third kappa shape index (κ3) is 5.24. The summed E-state index contributed by atoms with van der Waals surface area (Å²) >= 11 is 12.0. The fourth-order valence-corrected chi connectivity index (χ4v) is 2.36. The summed E-state index contributed by atoms with van der Waals surface area (Å²) in [6.07, 6.45) is 1.35. The summed E-state index contributed by atoms with van der Waals surface area (Å²) in [5.74, 6) is -1.57. The number of aliphatic carboxylic acids is 1. The number of rotatable bonds is 6. The molecule has 0 aromatic heterocycles. The van der Waals surface area contributed by atoms with Gasteiger partial charge in [0.15, 0.2) is 6.61 Å². The van der Waals surface area contributed by atoms with Crippen LogP contribution in [0, 0.1) is 11.3 Å². The average Bonchev–Trinajstić information content (AvgIpc) is 2.60. The number of carbonyl (C=O) groups excluding carboxylic acids is 1. The molecule has 0 radical (unpaired) electrons. The van der Waals surface area contributed by atoms with Gasteiger partial charge in [-0.1, -0.05) is 41.4 Å². The minimum Gasteiger partial charge on any atom is -0.480 e. The smallest absolute Gasteiger partial charge is 0.341 e. The van der Waals surface area contributed by atoms with Crippen LogP contribution in [0.25, 0.3) is 6.08 Å². The largest absolute Gasteiger partial charge is 0.480 e. The zero-order valence-corrected chi connectivity index (χ0v) is 14.7. The highest BCUT2D eigenvalue weighted by Gasteiger charge is 2.12. The highest BCUT2D eigenvalue weighted by molar-refractivity contribution is 6.34. The molecule has 132 valence electrons. The minimum absolute atomic E-state index is 0.153. The van der Waals surface area contributed by atoms with E-state index in [4.69, 9.17) is 33.0 Å². The van der Waals surface area contributed by atoms with Crippen molar-refractivity contribution in [3.63, 3.8) is 0 Å². The van der Waals surface area contributed by atoms with E-state index in [0.29, 0.717) is 16.3 Å². The molecule has 0 aliphatic rings. The lowest BCUT2D eigenvalue weighted by Crippen LogP contribution is -2.13. The maximum atomic E-state index is 12.2. The highest BCUT2D eigenvalue weighted by atomic mass is 35.5. The van der Waals surface area contributed by atoms with E-state index in [-0.39, 0.29) is 16.3 Å². The molecule has 0 spiro atoms. The second-order valence-corrected chi connectivity index (χ2v) is 5.79. The number of anilines is 1. The number of carboxylic acids is 1. The van der Waals surface area contributed by atoms with E-state index < -0.39 is 18.5 Å². The van der Waals surface area contributed by atoms with Crippen LogP contribution in [0.2, 0.25) is 10.0 Å². The van der Waals surface area contributed by atoms with Gasteiger partial charge in [0, 0.05) is 0 Å². The van der Waals surface area contributed by atoms with E-state index in [2.05, 4.69) is 5.32 Å². The van der Waals surface area contributed by atoms with Crippen molar-refractivity contribution >= 4 is 46.8 Å². The molecule has 1 amide bonds. The number of carbonyl (C=O) groups is 2. The van der Waals surface area contributed by atoms with Crippen molar-refractivity contribution in [2.24, 2.45) is 0 Å². The fraction of sp³-hybridized carbons (Fsp3) is 0.0556. The molecule has 0 saturated carbocycles. The minimum atomic E-state index is -1.13. The van der Waals surface area contributed by atoms with Crippen LogP contribution in [0.3, 0.4) is 0 Å². The van der Waals surface area contributed by atoms with Crippen LogP contribution in [-0.2, 0) is 9.59 Å². The molecule has 2 aromatic rings. The molecule has 2 rings (SSSR count). The van der Waals surface area contributed by atoms with E-state index in [0.717, 1.165) is 0 Å². The third-order valence-corrected chi connectivity index (χ3v) is 3.73. The molecule has 0 bridgehead atoms. The lowest BCUT2D eigenvalue weighted by molar-refractivity contribution is -0.139. The van der Waals surface area contributed by atoms with Gasteiger partial charge in [0.2, 0.25) is 0 Å². The monoisotopic (exact) mass is 390 g/mol. The van der Waals surface area contributed by atoms with Crippen molar-refractivity contribution in [1.29, 1.82) is 5.26 Å². The Kier molecular flexibility index (Phi) is 6.61. The number of ether oxygens (including phenoxy) is 1.